The van der Waals surface area contributed by atoms with Crippen LogP contribution in [0.1, 0.15) is 63.8 Å². The Labute approximate surface area is 230 Å². The summed E-state index contributed by atoms with van der Waals surface area (Å²) >= 11 is 12.0. The van der Waals surface area contributed by atoms with E-state index in [1.54, 1.807) is 6.92 Å². The molecule has 2 aromatic carbocycles. The second-order valence-corrected chi connectivity index (χ2v) is 13.8. The van der Waals surface area contributed by atoms with E-state index in [0.717, 1.165) is 18.2 Å². The van der Waals surface area contributed by atoms with Crippen LogP contribution in [0.3, 0.4) is 0 Å². The fourth-order valence-electron chi connectivity index (χ4n) is 4.39. The highest BCUT2D eigenvalue weighted by Crippen LogP contribution is 2.45. The van der Waals surface area contributed by atoms with Crippen LogP contribution in [0.2, 0.25) is 10.0 Å². The number of nitrogens with zero attached hydrogens (tertiary/aromatic N) is 1. The molecule has 38 heavy (non-hydrogen) atoms. The molecular weight excluding hydrogens is 563 g/mol. The summed E-state index contributed by atoms with van der Waals surface area (Å²) in [6, 6.07) is 5.30. The molecule has 1 fully saturated rings. The van der Waals surface area contributed by atoms with Crippen LogP contribution in [0.5, 0.6) is 0 Å². The summed E-state index contributed by atoms with van der Waals surface area (Å²) in [5.74, 6) is -4.05. The number of ether oxygens (including phenoxy) is 1. The molecule has 1 N–H and O–H groups in total. The van der Waals surface area contributed by atoms with Crippen molar-refractivity contribution < 1.29 is 36.6 Å². The zero-order chi connectivity index (χ0) is 28.6. The normalized spacial score (nSPS) is 21.4. The van der Waals surface area contributed by atoms with Gasteiger partial charge in [0.1, 0.15) is 23.8 Å². The molecule has 1 aliphatic heterocycles. The number of benzene rings is 2. The highest BCUT2D eigenvalue weighted by molar-refractivity contribution is 7.92. The number of rotatable bonds is 8. The van der Waals surface area contributed by atoms with E-state index < -0.39 is 74.6 Å². The molecule has 0 spiro atoms. The number of sulfone groups is 1. The van der Waals surface area contributed by atoms with Gasteiger partial charge in [-0.05, 0) is 68.7 Å². The molecule has 0 radical (unpaired) electrons. The maximum Gasteiger partial charge on any atom is 0.306 e. The third kappa shape index (κ3) is 6.47. The Balaban J connectivity index is 2.28. The Kier molecular flexibility index (Phi) is 9.13. The predicted octanol–water partition coefficient (Wildman–Crippen LogP) is 5.75. The second-order valence-electron chi connectivity index (χ2n) is 10.2. The first-order valence-corrected chi connectivity index (χ1v) is 14.3. The van der Waals surface area contributed by atoms with E-state index in [2.05, 4.69) is 0 Å². The smallest absolute Gasteiger partial charge is 0.306 e. The zero-order valence-corrected chi connectivity index (χ0v) is 23.6. The number of morpholine rings is 1. The van der Waals surface area contributed by atoms with Crippen molar-refractivity contribution in [1.82, 2.24) is 4.90 Å². The fourth-order valence-corrected chi connectivity index (χ4v) is 6.14. The molecule has 0 aliphatic carbocycles. The summed E-state index contributed by atoms with van der Waals surface area (Å²) < 4.78 is 60.3. The fraction of sp³-hybridized carbons (Fsp3) is 0.462. The number of hydrogen-bond acceptors (Lipinski definition) is 5. The number of halogens is 4. The van der Waals surface area contributed by atoms with Gasteiger partial charge in [0, 0.05) is 11.1 Å². The molecule has 1 amide bonds. The molecule has 2 aromatic rings. The number of carboxylic acid groups (broad SMARTS) is 1. The maximum atomic E-state index is 14.6. The molecule has 12 heteroatoms. The molecule has 208 valence electrons. The first-order valence-electron chi connectivity index (χ1n) is 11.9. The average molecular weight is 592 g/mol. The van der Waals surface area contributed by atoms with Crippen LogP contribution >= 0.6 is 23.2 Å². The van der Waals surface area contributed by atoms with Gasteiger partial charge in [-0.3, -0.25) is 9.59 Å². The van der Waals surface area contributed by atoms with Crippen LogP contribution in [0.4, 0.5) is 8.78 Å². The molecular formula is C26H29Cl2F2NO6S. The van der Waals surface area contributed by atoms with Crippen molar-refractivity contribution in [3.63, 3.8) is 0 Å². The Bertz CT molecular complexity index is 1310. The topological polar surface area (TPSA) is 101 Å². The minimum Gasteiger partial charge on any atom is -0.481 e. The van der Waals surface area contributed by atoms with Crippen LogP contribution in [-0.4, -0.2) is 52.9 Å². The Hall–Kier alpha value is -2.27. The SMILES string of the molecule is CCC(CS(=O)(=O)C(C)(C)C)N1C(=O)[C@@H](CC(=O)O)O[C@H](c2cc(F)cc(Cl)c2)[C@H]1c1ccc(Cl)c(F)c1. The van der Waals surface area contributed by atoms with E-state index in [-0.39, 0.29) is 27.6 Å². The van der Waals surface area contributed by atoms with Gasteiger partial charge < -0.3 is 14.7 Å². The molecule has 1 aliphatic rings. The minimum atomic E-state index is -3.77. The minimum absolute atomic E-state index is 0.0187. The molecule has 0 saturated carbocycles. The van der Waals surface area contributed by atoms with Gasteiger partial charge in [-0.25, -0.2) is 17.2 Å². The molecule has 4 atom stereocenters. The van der Waals surface area contributed by atoms with E-state index in [0.29, 0.717) is 0 Å². The largest absolute Gasteiger partial charge is 0.481 e. The van der Waals surface area contributed by atoms with E-state index in [1.807, 2.05) is 0 Å². The van der Waals surface area contributed by atoms with Crippen molar-refractivity contribution in [2.75, 3.05) is 5.75 Å². The van der Waals surface area contributed by atoms with Crippen LogP contribution in [0.25, 0.3) is 0 Å². The number of carbonyl (C=O) groups is 2. The summed E-state index contributed by atoms with van der Waals surface area (Å²) in [5.41, 5.74) is 0.364. The lowest BCUT2D eigenvalue weighted by Crippen LogP contribution is -2.57. The lowest BCUT2D eigenvalue weighted by atomic mass is 9.89. The van der Waals surface area contributed by atoms with Gasteiger partial charge in [0.15, 0.2) is 9.84 Å². The number of amides is 1. The third-order valence-electron chi connectivity index (χ3n) is 6.50. The van der Waals surface area contributed by atoms with Gasteiger partial charge in [-0.2, -0.15) is 0 Å². The van der Waals surface area contributed by atoms with E-state index in [1.165, 1.54) is 43.9 Å². The zero-order valence-electron chi connectivity index (χ0n) is 21.3. The monoisotopic (exact) mass is 591 g/mol. The standard InChI is InChI=1S/C26H29Cl2F2NO6S/c1-5-18(13-38(35,36)26(2,3)4)31-23(14-6-7-19(28)20(30)10-14)24(15-8-16(27)11-17(29)9-15)37-21(25(31)34)12-22(32)33/h6-11,18,21,23-24H,5,12-13H2,1-4H3,(H,32,33)/t18?,21-,23-,24-/m1/s1. The van der Waals surface area contributed by atoms with Crippen LogP contribution < -0.4 is 0 Å². The highest BCUT2D eigenvalue weighted by Gasteiger charge is 2.48. The van der Waals surface area contributed by atoms with Gasteiger partial charge >= 0.3 is 5.97 Å². The lowest BCUT2D eigenvalue weighted by Gasteiger charge is -2.48. The number of aliphatic carboxylic acids is 1. The molecule has 0 aromatic heterocycles. The summed E-state index contributed by atoms with van der Waals surface area (Å²) in [6.07, 6.45) is -3.28. The van der Waals surface area contributed by atoms with Crippen LogP contribution in [0.15, 0.2) is 36.4 Å². The first kappa shape index (κ1) is 30.3. The van der Waals surface area contributed by atoms with Gasteiger partial charge in [-0.15, -0.1) is 0 Å². The van der Waals surface area contributed by atoms with Crippen LogP contribution in [0, 0.1) is 11.6 Å². The van der Waals surface area contributed by atoms with Crippen molar-refractivity contribution in [2.45, 2.75) is 69.6 Å². The van der Waals surface area contributed by atoms with Gasteiger partial charge in [-0.1, -0.05) is 36.2 Å². The van der Waals surface area contributed by atoms with E-state index >= 15 is 0 Å². The quantitative estimate of drug-likeness (QED) is 0.419. The van der Waals surface area contributed by atoms with Crippen molar-refractivity contribution in [1.29, 1.82) is 0 Å². The number of hydrogen-bond donors (Lipinski definition) is 1. The highest BCUT2D eigenvalue weighted by atomic mass is 35.5. The predicted molar refractivity (Wildman–Crippen MR) is 140 cm³/mol. The van der Waals surface area contributed by atoms with Crippen molar-refractivity contribution in [2.24, 2.45) is 0 Å². The summed E-state index contributed by atoms with van der Waals surface area (Å²) in [7, 11) is -3.77. The Morgan fingerprint density at radius 3 is 2.32 bits per heavy atom. The first-order chi connectivity index (χ1) is 17.6. The average Bonchev–Trinajstić information content (AvgIpc) is 2.79. The lowest BCUT2D eigenvalue weighted by molar-refractivity contribution is -0.182. The van der Waals surface area contributed by atoms with E-state index in [4.69, 9.17) is 27.9 Å². The van der Waals surface area contributed by atoms with Gasteiger partial charge in [0.25, 0.3) is 5.91 Å². The van der Waals surface area contributed by atoms with Crippen LogP contribution in [-0.2, 0) is 24.2 Å². The summed E-state index contributed by atoms with van der Waals surface area (Å²) in [4.78, 5) is 26.6. The van der Waals surface area contributed by atoms with Crippen molar-refractivity contribution in [3.8, 4) is 0 Å². The van der Waals surface area contributed by atoms with Crippen molar-refractivity contribution >= 4 is 44.9 Å². The molecule has 3 rings (SSSR count). The van der Waals surface area contributed by atoms with E-state index in [9.17, 15) is 31.9 Å². The molecule has 1 saturated heterocycles. The molecule has 0 bridgehead atoms. The van der Waals surface area contributed by atoms with Gasteiger partial charge in [0.05, 0.1) is 28.0 Å². The molecule has 7 nitrogen and oxygen atoms in total. The Morgan fingerprint density at radius 2 is 1.79 bits per heavy atom. The summed E-state index contributed by atoms with van der Waals surface area (Å²) in [6.45, 7) is 6.29. The third-order valence-corrected chi connectivity index (χ3v) is 9.71. The van der Waals surface area contributed by atoms with Gasteiger partial charge in [0.2, 0.25) is 0 Å². The summed E-state index contributed by atoms with van der Waals surface area (Å²) in [5, 5.41) is 9.30. The second kappa shape index (κ2) is 11.5. The number of carboxylic acids is 1. The maximum absolute atomic E-state index is 14.6. The molecule has 1 unspecified atom stereocenters. The molecule has 1 heterocycles. The number of carbonyl (C=O) groups excluding carboxylic acids is 1. The van der Waals surface area contributed by atoms with Crippen molar-refractivity contribution in [3.05, 3.63) is 69.2 Å². The Morgan fingerprint density at radius 1 is 1.13 bits per heavy atom.